The quantitative estimate of drug-likeness (QED) is 0.861. The molecule has 2 aromatic carbocycles. The molecule has 26 heavy (non-hydrogen) atoms. The molecule has 0 unspecified atom stereocenters. The van der Waals surface area contributed by atoms with Crippen LogP contribution in [0.5, 0.6) is 0 Å². The van der Waals surface area contributed by atoms with Gasteiger partial charge in [0.15, 0.2) is 0 Å². The molecule has 6 nitrogen and oxygen atoms in total. The largest absolute Gasteiger partial charge is 0.333 e. The highest BCUT2D eigenvalue weighted by atomic mass is 32.2. The van der Waals surface area contributed by atoms with Crippen LogP contribution < -0.4 is 10.0 Å². The summed E-state index contributed by atoms with van der Waals surface area (Å²) in [6.45, 7) is 6.11. The van der Waals surface area contributed by atoms with Crippen LogP contribution in [0.25, 0.3) is 0 Å². The molecule has 1 amide bonds. The molecule has 0 spiro atoms. The maximum Gasteiger partial charge on any atom is 0.261 e. The number of anilines is 1. The summed E-state index contributed by atoms with van der Waals surface area (Å²) in [5.74, 6) is -0.0746. The standard InChI is InChI=1S/C19H23N3O3S/c1-14-3-7-17(8-4-14)21-26(24,25)18-9-5-16(6-10-18)19(23)22-12-11-20-13-15(22)2/h3-10,15,20-21H,11-13H2,1-2H3/t15-/m0/s1. The van der Waals surface area contributed by atoms with E-state index >= 15 is 0 Å². The summed E-state index contributed by atoms with van der Waals surface area (Å²) in [6.07, 6.45) is 0. The van der Waals surface area contributed by atoms with Crippen LogP contribution in [0, 0.1) is 6.92 Å². The summed E-state index contributed by atoms with van der Waals surface area (Å²) in [6, 6.07) is 13.3. The van der Waals surface area contributed by atoms with Gasteiger partial charge in [0.05, 0.1) is 4.90 Å². The molecule has 3 rings (SSSR count). The van der Waals surface area contributed by atoms with Crippen molar-refractivity contribution in [2.24, 2.45) is 0 Å². The van der Waals surface area contributed by atoms with Crippen LogP contribution in [0.2, 0.25) is 0 Å². The Morgan fingerprint density at radius 1 is 1.12 bits per heavy atom. The maximum absolute atomic E-state index is 12.6. The summed E-state index contributed by atoms with van der Waals surface area (Å²) >= 11 is 0. The first-order chi connectivity index (χ1) is 12.4. The highest BCUT2D eigenvalue weighted by Crippen LogP contribution is 2.18. The number of hydrogen-bond acceptors (Lipinski definition) is 4. The van der Waals surface area contributed by atoms with Gasteiger partial charge in [-0.25, -0.2) is 8.42 Å². The Bertz CT molecular complexity index is 877. The smallest absolute Gasteiger partial charge is 0.261 e. The van der Waals surface area contributed by atoms with Crippen molar-refractivity contribution in [2.45, 2.75) is 24.8 Å². The molecule has 1 saturated heterocycles. The van der Waals surface area contributed by atoms with Gasteiger partial charge in [0.25, 0.3) is 15.9 Å². The normalized spacial score (nSPS) is 17.8. The summed E-state index contributed by atoms with van der Waals surface area (Å²) in [5, 5.41) is 3.24. The average Bonchev–Trinajstić information content (AvgIpc) is 2.63. The van der Waals surface area contributed by atoms with Gasteiger partial charge in [-0.3, -0.25) is 9.52 Å². The van der Waals surface area contributed by atoms with Gasteiger partial charge in [-0.1, -0.05) is 17.7 Å². The number of amides is 1. The molecule has 2 aromatic rings. The number of benzene rings is 2. The van der Waals surface area contributed by atoms with Gasteiger partial charge in [0.1, 0.15) is 0 Å². The predicted octanol–water partition coefficient (Wildman–Crippen LogP) is 2.23. The molecule has 0 radical (unpaired) electrons. The third-order valence-corrected chi connectivity index (χ3v) is 5.87. The Kier molecular flexibility index (Phi) is 5.29. The van der Waals surface area contributed by atoms with E-state index < -0.39 is 10.0 Å². The minimum atomic E-state index is -3.69. The van der Waals surface area contributed by atoms with Crippen molar-refractivity contribution in [1.82, 2.24) is 10.2 Å². The number of carbonyl (C=O) groups excluding carboxylic acids is 1. The molecule has 0 bridgehead atoms. The summed E-state index contributed by atoms with van der Waals surface area (Å²) in [7, 11) is -3.69. The van der Waals surface area contributed by atoms with Gasteiger partial charge in [-0.15, -0.1) is 0 Å². The van der Waals surface area contributed by atoms with Gasteiger partial charge in [0.2, 0.25) is 0 Å². The Balaban J connectivity index is 1.75. The topological polar surface area (TPSA) is 78.5 Å². The van der Waals surface area contributed by atoms with E-state index in [1.807, 2.05) is 30.9 Å². The third-order valence-electron chi connectivity index (χ3n) is 4.48. The van der Waals surface area contributed by atoms with E-state index in [1.54, 1.807) is 24.3 Å². The molecule has 7 heteroatoms. The molecular weight excluding hydrogens is 350 g/mol. The van der Waals surface area contributed by atoms with Gasteiger partial charge >= 0.3 is 0 Å². The molecular formula is C19H23N3O3S. The predicted molar refractivity (Wildman–Crippen MR) is 102 cm³/mol. The minimum Gasteiger partial charge on any atom is -0.333 e. The van der Waals surface area contributed by atoms with Crippen LogP contribution in [0.4, 0.5) is 5.69 Å². The van der Waals surface area contributed by atoms with E-state index in [2.05, 4.69) is 10.0 Å². The highest BCUT2D eigenvalue weighted by molar-refractivity contribution is 7.92. The van der Waals surface area contributed by atoms with Crippen molar-refractivity contribution < 1.29 is 13.2 Å². The van der Waals surface area contributed by atoms with Crippen molar-refractivity contribution >= 4 is 21.6 Å². The summed E-state index contributed by atoms with van der Waals surface area (Å²) in [5.41, 5.74) is 2.05. The van der Waals surface area contributed by atoms with Crippen molar-refractivity contribution in [3.05, 3.63) is 59.7 Å². The molecule has 1 fully saturated rings. The van der Waals surface area contributed by atoms with E-state index in [1.165, 1.54) is 12.1 Å². The van der Waals surface area contributed by atoms with Crippen molar-refractivity contribution in [1.29, 1.82) is 0 Å². The average molecular weight is 373 g/mol. The zero-order valence-electron chi connectivity index (χ0n) is 14.9. The minimum absolute atomic E-state index is 0.0746. The monoisotopic (exact) mass is 373 g/mol. The molecule has 0 saturated carbocycles. The fourth-order valence-corrected chi connectivity index (χ4v) is 3.98. The molecule has 1 aliphatic heterocycles. The number of sulfonamides is 1. The number of hydrogen-bond donors (Lipinski definition) is 2. The molecule has 0 aliphatic carbocycles. The van der Waals surface area contributed by atoms with Gasteiger partial charge < -0.3 is 10.2 Å². The SMILES string of the molecule is Cc1ccc(NS(=O)(=O)c2ccc(C(=O)N3CCNC[C@@H]3C)cc2)cc1. The molecule has 1 heterocycles. The molecule has 1 atom stereocenters. The van der Waals surface area contributed by atoms with E-state index in [0.717, 1.165) is 18.7 Å². The number of nitrogens with zero attached hydrogens (tertiary/aromatic N) is 1. The Morgan fingerprint density at radius 2 is 1.77 bits per heavy atom. The van der Waals surface area contributed by atoms with Crippen LogP contribution in [-0.2, 0) is 10.0 Å². The molecule has 0 aromatic heterocycles. The first kappa shape index (κ1) is 18.4. The van der Waals surface area contributed by atoms with Crippen molar-refractivity contribution in [2.75, 3.05) is 24.4 Å². The number of carbonyl (C=O) groups is 1. The first-order valence-electron chi connectivity index (χ1n) is 8.58. The number of aryl methyl sites for hydroxylation is 1. The lowest BCUT2D eigenvalue weighted by Crippen LogP contribution is -2.52. The number of rotatable bonds is 4. The summed E-state index contributed by atoms with van der Waals surface area (Å²) < 4.78 is 27.6. The van der Waals surface area contributed by atoms with E-state index in [0.29, 0.717) is 17.8 Å². The third kappa shape index (κ3) is 4.05. The molecule has 2 N–H and O–H groups in total. The number of piperazine rings is 1. The van der Waals surface area contributed by atoms with Gasteiger partial charge in [-0.05, 0) is 50.2 Å². The Labute approximate surface area is 154 Å². The second kappa shape index (κ2) is 7.47. The van der Waals surface area contributed by atoms with Crippen LogP contribution in [0.15, 0.2) is 53.4 Å². The van der Waals surface area contributed by atoms with E-state index in [4.69, 9.17) is 0 Å². The van der Waals surface area contributed by atoms with Crippen molar-refractivity contribution in [3.8, 4) is 0 Å². The fourth-order valence-electron chi connectivity index (χ4n) is 2.92. The zero-order chi connectivity index (χ0) is 18.7. The lowest BCUT2D eigenvalue weighted by Gasteiger charge is -2.34. The second-order valence-electron chi connectivity index (χ2n) is 6.55. The van der Waals surface area contributed by atoms with Crippen LogP contribution in [0.3, 0.4) is 0 Å². The molecule has 138 valence electrons. The van der Waals surface area contributed by atoms with Gasteiger partial charge in [-0.2, -0.15) is 0 Å². The lowest BCUT2D eigenvalue weighted by atomic mass is 10.1. The van der Waals surface area contributed by atoms with E-state index in [9.17, 15) is 13.2 Å². The lowest BCUT2D eigenvalue weighted by molar-refractivity contribution is 0.0655. The second-order valence-corrected chi connectivity index (χ2v) is 8.23. The fraction of sp³-hybridized carbons (Fsp3) is 0.316. The Morgan fingerprint density at radius 3 is 2.38 bits per heavy atom. The maximum atomic E-state index is 12.6. The first-order valence-corrected chi connectivity index (χ1v) is 10.1. The Hall–Kier alpha value is -2.38. The van der Waals surface area contributed by atoms with Gasteiger partial charge in [0, 0.05) is 36.9 Å². The van der Waals surface area contributed by atoms with Crippen LogP contribution in [0.1, 0.15) is 22.8 Å². The van der Waals surface area contributed by atoms with Crippen LogP contribution >= 0.6 is 0 Å². The van der Waals surface area contributed by atoms with Crippen LogP contribution in [-0.4, -0.2) is 44.9 Å². The number of nitrogens with one attached hydrogen (secondary N) is 2. The van der Waals surface area contributed by atoms with Crippen molar-refractivity contribution in [3.63, 3.8) is 0 Å². The molecule has 1 aliphatic rings. The summed E-state index contributed by atoms with van der Waals surface area (Å²) in [4.78, 5) is 14.6. The zero-order valence-corrected chi connectivity index (χ0v) is 15.7. The highest BCUT2D eigenvalue weighted by Gasteiger charge is 2.24. The van der Waals surface area contributed by atoms with E-state index in [-0.39, 0.29) is 16.8 Å².